The van der Waals surface area contributed by atoms with Crippen LogP contribution in [0.3, 0.4) is 0 Å². The van der Waals surface area contributed by atoms with Gasteiger partial charge >= 0.3 is 18.0 Å². The normalized spacial score (nSPS) is 17.4. The van der Waals surface area contributed by atoms with E-state index in [-0.39, 0.29) is 37.0 Å². The number of benzene rings is 4. The number of piperazine rings is 2. The lowest BCUT2D eigenvalue weighted by atomic mass is 10.1. The molecule has 84 heavy (non-hydrogen) atoms. The molecule has 4 aliphatic rings. The molecule has 8 aromatic rings. The first kappa shape index (κ1) is 59.6. The largest absolute Gasteiger partial charge is 0.478 e. The molecule has 5 amide bonds. The third-order valence-corrected chi connectivity index (χ3v) is 14.7. The number of anilines is 6. The standard InChI is InChI=1S/C30H34N8O3.C25H24N6O4.C5H12N2.CH4/c1-21-20-41-19-18-37(21)28-26-4-3-13-38(26)34-27(33-28)22-5-9-24(10-6-22)31-30(40)32-25-11-7-23(8-12-25)29(39)36-16-14-35(2)15-17-36;1-16-15-35-14-13-30(16)23-21-3-2-12-31(21)29-22(28-23)17-4-8-19(9-5-17)26-25(34)27-20-10-6-18(7-11-20)24(32)33;1-7-4-2-6-3-5-7;/h3-13,21H,14-20H2,1-2H3,(H2,31,32,40);2-12,16H,13-15H2,1H3,(H,32,33)(H2,26,27,34);6H,2-5H2,1H3;1H4/t21-;16-;;/m11../s1. The Balaban J connectivity index is 0.000000180. The summed E-state index contributed by atoms with van der Waals surface area (Å²) in [7, 11) is 4.21. The van der Waals surface area contributed by atoms with Gasteiger partial charge in [0.2, 0.25) is 0 Å². The van der Waals surface area contributed by atoms with Gasteiger partial charge in [-0.05, 0) is 149 Å². The summed E-state index contributed by atoms with van der Waals surface area (Å²) in [5, 5.41) is 32.7. The Labute approximate surface area is 488 Å². The van der Waals surface area contributed by atoms with E-state index in [9.17, 15) is 19.2 Å². The molecule has 0 unspecified atom stereocenters. The van der Waals surface area contributed by atoms with E-state index in [1.807, 2.05) is 87.0 Å². The second-order valence-corrected chi connectivity index (χ2v) is 20.9. The summed E-state index contributed by atoms with van der Waals surface area (Å²) in [5.74, 6) is 1.93. The monoisotopic (exact) mass is 1140 g/mol. The van der Waals surface area contributed by atoms with Crippen LogP contribution in [0.1, 0.15) is 42.0 Å². The van der Waals surface area contributed by atoms with Crippen molar-refractivity contribution in [1.82, 2.24) is 49.2 Å². The lowest BCUT2D eigenvalue weighted by Crippen LogP contribution is -2.47. The molecule has 0 bridgehead atoms. The number of hydrogen-bond acceptors (Lipinski definition) is 15. The van der Waals surface area contributed by atoms with Crippen LogP contribution >= 0.6 is 0 Å². The number of likely N-dealkylation sites (N-methyl/N-ethyl adjacent to an activating group) is 2. The Kier molecular flexibility index (Phi) is 19.8. The smallest absolute Gasteiger partial charge is 0.335 e. The predicted octanol–water partition coefficient (Wildman–Crippen LogP) is 7.77. The van der Waals surface area contributed by atoms with E-state index in [4.69, 9.17) is 29.6 Å². The average molecular weight is 1140 g/mol. The molecule has 2 atom stereocenters. The third kappa shape index (κ3) is 15.0. The van der Waals surface area contributed by atoms with E-state index >= 15 is 0 Å². The minimum absolute atomic E-state index is 0. The second-order valence-electron chi connectivity index (χ2n) is 20.9. The Morgan fingerprint density at radius 3 is 1.30 bits per heavy atom. The number of morpholine rings is 2. The van der Waals surface area contributed by atoms with E-state index in [0.717, 1.165) is 86.2 Å². The van der Waals surface area contributed by atoms with Crippen molar-refractivity contribution in [3.8, 4) is 22.8 Å². The van der Waals surface area contributed by atoms with Crippen molar-refractivity contribution in [2.45, 2.75) is 33.4 Å². The third-order valence-electron chi connectivity index (χ3n) is 14.7. The highest BCUT2D eigenvalue weighted by molar-refractivity contribution is 6.01. The number of aromatic carboxylic acids is 1. The maximum Gasteiger partial charge on any atom is 0.335 e. The molecular weight excluding hydrogens is 1070 g/mol. The highest BCUT2D eigenvalue weighted by atomic mass is 16.5. The van der Waals surface area contributed by atoms with Crippen LogP contribution in [0.5, 0.6) is 0 Å². The molecule has 4 fully saturated rings. The van der Waals surface area contributed by atoms with E-state index in [0.29, 0.717) is 66.4 Å². The van der Waals surface area contributed by atoms with E-state index in [1.54, 1.807) is 36.4 Å². The van der Waals surface area contributed by atoms with Gasteiger partial charge in [0.15, 0.2) is 23.3 Å². The lowest BCUT2D eigenvalue weighted by Gasteiger charge is -2.34. The summed E-state index contributed by atoms with van der Waals surface area (Å²) in [6, 6.07) is 35.2. The molecule has 0 radical (unpaired) electrons. The van der Waals surface area contributed by atoms with Gasteiger partial charge in [-0.15, -0.1) is 10.2 Å². The Hall–Kier alpha value is -9.00. The highest BCUT2D eigenvalue weighted by Crippen LogP contribution is 2.29. The Morgan fingerprint density at radius 1 is 0.524 bits per heavy atom. The summed E-state index contributed by atoms with van der Waals surface area (Å²) in [4.78, 5) is 69.4. The van der Waals surface area contributed by atoms with Crippen LogP contribution in [0, 0.1) is 0 Å². The van der Waals surface area contributed by atoms with Crippen LogP contribution in [0.2, 0.25) is 0 Å². The molecule has 440 valence electrons. The summed E-state index contributed by atoms with van der Waals surface area (Å²) in [6.45, 7) is 16.3. The minimum Gasteiger partial charge on any atom is -0.478 e. The zero-order valence-corrected chi connectivity index (χ0v) is 47.1. The molecule has 4 saturated heterocycles. The topological polar surface area (TPSA) is 244 Å². The van der Waals surface area contributed by atoms with Gasteiger partial charge < -0.3 is 65.7 Å². The fourth-order valence-corrected chi connectivity index (χ4v) is 9.94. The number of carboxylic acids is 1. The van der Waals surface area contributed by atoms with Gasteiger partial charge in [0.05, 0.1) is 44.1 Å². The number of carboxylic acid groups (broad SMARTS) is 1. The number of rotatable bonds is 10. The summed E-state index contributed by atoms with van der Waals surface area (Å²) < 4.78 is 14.9. The molecule has 4 aromatic carbocycles. The number of urea groups is 2. The molecular formula is C61H74N16O7. The van der Waals surface area contributed by atoms with Gasteiger partial charge in [-0.3, -0.25) is 4.79 Å². The molecule has 23 heteroatoms. The summed E-state index contributed by atoms with van der Waals surface area (Å²) >= 11 is 0. The van der Waals surface area contributed by atoms with Gasteiger partial charge in [0, 0.05) is 117 Å². The van der Waals surface area contributed by atoms with E-state index < -0.39 is 12.0 Å². The van der Waals surface area contributed by atoms with Crippen LogP contribution in [0.25, 0.3) is 33.8 Å². The summed E-state index contributed by atoms with van der Waals surface area (Å²) in [5.41, 5.74) is 6.64. The van der Waals surface area contributed by atoms with Crippen molar-refractivity contribution < 1.29 is 33.8 Å². The fourth-order valence-electron chi connectivity index (χ4n) is 9.94. The number of nitrogens with one attached hydrogen (secondary N) is 5. The number of nitrogens with zero attached hydrogens (tertiary/aromatic N) is 11. The van der Waals surface area contributed by atoms with Crippen molar-refractivity contribution in [3.05, 3.63) is 145 Å². The molecule has 0 aliphatic carbocycles. The molecule has 8 heterocycles. The van der Waals surface area contributed by atoms with Crippen molar-refractivity contribution in [2.24, 2.45) is 0 Å². The summed E-state index contributed by atoms with van der Waals surface area (Å²) in [6.07, 6.45) is 3.82. The molecule has 0 spiro atoms. The number of amides is 5. The first-order chi connectivity index (χ1) is 40.3. The van der Waals surface area contributed by atoms with Gasteiger partial charge in [-0.1, -0.05) is 7.43 Å². The lowest BCUT2D eigenvalue weighted by molar-refractivity contribution is 0.0662. The van der Waals surface area contributed by atoms with Crippen LogP contribution < -0.4 is 36.4 Å². The number of ether oxygens (including phenoxy) is 2. The maximum atomic E-state index is 12.8. The van der Waals surface area contributed by atoms with Crippen molar-refractivity contribution >= 4 is 69.4 Å². The van der Waals surface area contributed by atoms with Crippen LogP contribution in [-0.4, -0.2) is 191 Å². The number of carbonyl (C=O) groups is 4. The minimum atomic E-state index is -1.02. The Bertz CT molecular complexity index is 3490. The van der Waals surface area contributed by atoms with Gasteiger partial charge in [-0.2, -0.15) is 0 Å². The predicted molar refractivity (Wildman–Crippen MR) is 328 cm³/mol. The maximum absolute atomic E-state index is 12.8. The molecule has 0 saturated carbocycles. The number of hydrogen-bond donors (Lipinski definition) is 6. The number of aromatic nitrogens is 6. The molecule has 4 aliphatic heterocycles. The zero-order valence-electron chi connectivity index (χ0n) is 47.1. The van der Waals surface area contributed by atoms with Crippen molar-refractivity contribution in [2.75, 3.05) is 137 Å². The number of fused-ring (bicyclic) bond motifs is 2. The van der Waals surface area contributed by atoms with Gasteiger partial charge in [-0.25, -0.2) is 33.4 Å². The molecule has 23 nitrogen and oxygen atoms in total. The van der Waals surface area contributed by atoms with Gasteiger partial charge in [0.1, 0.15) is 11.0 Å². The van der Waals surface area contributed by atoms with Crippen LogP contribution in [0.15, 0.2) is 134 Å². The Morgan fingerprint density at radius 2 is 0.917 bits per heavy atom. The first-order valence-electron chi connectivity index (χ1n) is 27.9. The molecule has 12 rings (SSSR count). The number of carbonyl (C=O) groups excluding carboxylic acids is 3. The van der Waals surface area contributed by atoms with Crippen LogP contribution in [0.4, 0.5) is 44.0 Å². The SMILES string of the molecule is C.CN1CCNCC1.C[C@@H]1COCCN1c1nc(-c2ccc(NC(=O)Nc3ccc(C(=O)N4CCN(C)CC4)cc3)cc2)nn2cccc12.C[C@@H]1COCCN1c1nc(-c2ccc(NC(=O)Nc3ccc(C(=O)O)cc3)cc2)nn2cccc12. The molecule has 6 N–H and O–H groups in total. The van der Waals surface area contributed by atoms with Crippen LogP contribution in [-0.2, 0) is 9.47 Å². The van der Waals surface area contributed by atoms with Crippen molar-refractivity contribution in [1.29, 1.82) is 0 Å². The van der Waals surface area contributed by atoms with Crippen molar-refractivity contribution in [3.63, 3.8) is 0 Å². The molecule has 4 aromatic heterocycles. The van der Waals surface area contributed by atoms with E-state index in [2.05, 4.69) is 79.2 Å². The average Bonchev–Trinajstić information content (AvgIpc) is 2.72. The van der Waals surface area contributed by atoms with E-state index in [1.165, 1.54) is 37.4 Å². The fraction of sp³-hybridized carbons (Fsp3) is 0.344. The quantitative estimate of drug-likeness (QED) is 0.0766. The zero-order chi connectivity index (χ0) is 57.8. The van der Waals surface area contributed by atoms with Gasteiger partial charge in [0.25, 0.3) is 5.91 Å². The highest BCUT2D eigenvalue weighted by Gasteiger charge is 2.26. The first-order valence-corrected chi connectivity index (χ1v) is 27.9. The second kappa shape index (κ2) is 27.8.